The number of thiazole rings is 1. The Morgan fingerprint density at radius 3 is 2.53 bits per heavy atom. The minimum absolute atomic E-state index is 0. The van der Waals surface area contributed by atoms with E-state index in [2.05, 4.69) is 4.90 Å². The van der Waals surface area contributed by atoms with E-state index in [1.165, 1.54) is 11.3 Å². The summed E-state index contributed by atoms with van der Waals surface area (Å²) in [6, 6.07) is 12.1. The minimum Gasteiger partial charge on any atom is -0.497 e. The molecule has 1 aliphatic rings. The van der Waals surface area contributed by atoms with Crippen molar-refractivity contribution in [2.24, 2.45) is 0 Å². The highest BCUT2D eigenvalue weighted by Gasteiger charge is 2.32. The largest absolute Gasteiger partial charge is 0.497 e. The number of methoxy groups -OCH3 is 1. The summed E-state index contributed by atoms with van der Waals surface area (Å²) in [7, 11) is 2.02. The van der Waals surface area contributed by atoms with Crippen molar-refractivity contribution in [3.05, 3.63) is 48.0 Å². The van der Waals surface area contributed by atoms with Crippen molar-refractivity contribution < 1.29 is 17.9 Å². The van der Waals surface area contributed by atoms with Crippen molar-refractivity contribution in [2.45, 2.75) is 50.0 Å². The third kappa shape index (κ3) is 6.66. The SMILES string of the molecule is CCC1CCCCN1S(=O)(=O)c1ccc(C(=O)N(CCCN(C)C)c2nc3ccc(OC)cc3s2)cc1.Cl. The lowest BCUT2D eigenvalue weighted by Gasteiger charge is -2.34. The molecule has 1 aromatic heterocycles. The first kappa shape index (κ1) is 30.3. The van der Waals surface area contributed by atoms with Gasteiger partial charge in [0.25, 0.3) is 5.91 Å². The molecule has 1 atom stereocenters. The number of piperidine rings is 1. The predicted molar refractivity (Wildman–Crippen MR) is 157 cm³/mol. The van der Waals surface area contributed by atoms with Crippen LogP contribution in [0.15, 0.2) is 47.4 Å². The Morgan fingerprint density at radius 1 is 1.13 bits per heavy atom. The summed E-state index contributed by atoms with van der Waals surface area (Å²) in [5.41, 5.74) is 1.24. The lowest BCUT2D eigenvalue weighted by atomic mass is 10.0. The monoisotopic (exact) mass is 580 g/mol. The van der Waals surface area contributed by atoms with Gasteiger partial charge < -0.3 is 9.64 Å². The van der Waals surface area contributed by atoms with Crippen LogP contribution in [0.2, 0.25) is 0 Å². The molecule has 1 amide bonds. The van der Waals surface area contributed by atoms with E-state index < -0.39 is 10.0 Å². The van der Waals surface area contributed by atoms with Crippen LogP contribution < -0.4 is 9.64 Å². The van der Waals surface area contributed by atoms with E-state index in [0.717, 1.165) is 54.6 Å². The van der Waals surface area contributed by atoms with Crippen LogP contribution in [0, 0.1) is 0 Å². The van der Waals surface area contributed by atoms with Gasteiger partial charge in [-0.1, -0.05) is 24.7 Å². The Hall–Kier alpha value is -2.24. The third-order valence-electron chi connectivity index (χ3n) is 6.80. The lowest BCUT2D eigenvalue weighted by molar-refractivity contribution is 0.0986. The van der Waals surface area contributed by atoms with E-state index in [4.69, 9.17) is 9.72 Å². The average Bonchev–Trinajstić information content (AvgIpc) is 3.33. The Morgan fingerprint density at radius 2 is 1.87 bits per heavy atom. The highest BCUT2D eigenvalue weighted by atomic mass is 35.5. The smallest absolute Gasteiger partial charge is 0.260 e. The molecule has 0 radical (unpaired) electrons. The van der Waals surface area contributed by atoms with E-state index in [0.29, 0.717) is 23.8 Å². The Kier molecular flexibility index (Phi) is 10.5. The fourth-order valence-corrected chi connectivity index (χ4v) is 7.51. The molecule has 0 spiro atoms. The van der Waals surface area contributed by atoms with E-state index in [-0.39, 0.29) is 29.3 Å². The quantitative estimate of drug-likeness (QED) is 0.324. The zero-order chi connectivity index (χ0) is 26.6. The first-order valence-corrected chi connectivity index (χ1v) is 15.0. The van der Waals surface area contributed by atoms with Crippen LogP contribution in [0.1, 0.15) is 49.4 Å². The molecule has 208 valence electrons. The molecule has 0 saturated carbocycles. The first-order valence-electron chi connectivity index (χ1n) is 12.8. The number of fused-ring (bicyclic) bond motifs is 1. The van der Waals surface area contributed by atoms with Gasteiger partial charge in [0.2, 0.25) is 10.0 Å². The number of anilines is 1. The van der Waals surface area contributed by atoms with Crippen molar-refractivity contribution in [3.8, 4) is 5.75 Å². The van der Waals surface area contributed by atoms with Gasteiger partial charge in [-0.15, -0.1) is 12.4 Å². The highest BCUT2D eigenvalue weighted by Crippen LogP contribution is 2.33. The van der Waals surface area contributed by atoms with Gasteiger partial charge in [0, 0.05) is 24.7 Å². The number of ether oxygens (including phenoxy) is 1. The molecule has 11 heteroatoms. The van der Waals surface area contributed by atoms with Crippen LogP contribution in [0.5, 0.6) is 5.75 Å². The number of amides is 1. The van der Waals surface area contributed by atoms with Crippen molar-refractivity contribution in [3.63, 3.8) is 0 Å². The first-order chi connectivity index (χ1) is 17.7. The van der Waals surface area contributed by atoms with Crippen LogP contribution in [-0.2, 0) is 10.0 Å². The number of hydrogen-bond acceptors (Lipinski definition) is 7. The predicted octanol–water partition coefficient (Wildman–Crippen LogP) is 5.28. The molecule has 3 aromatic rings. The zero-order valence-corrected chi connectivity index (χ0v) is 24.9. The van der Waals surface area contributed by atoms with Gasteiger partial charge >= 0.3 is 0 Å². The van der Waals surface area contributed by atoms with Crippen molar-refractivity contribution in [1.29, 1.82) is 0 Å². The Bertz CT molecular complexity index is 1330. The van der Waals surface area contributed by atoms with Crippen LogP contribution in [0.3, 0.4) is 0 Å². The number of rotatable bonds is 10. The van der Waals surface area contributed by atoms with Gasteiger partial charge in [-0.3, -0.25) is 9.69 Å². The summed E-state index contributed by atoms with van der Waals surface area (Å²) < 4.78 is 34.6. The molecule has 1 unspecified atom stereocenters. The van der Waals surface area contributed by atoms with E-state index in [1.54, 1.807) is 40.6 Å². The topological polar surface area (TPSA) is 83.1 Å². The summed E-state index contributed by atoms with van der Waals surface area (Å²) >= 11 is 1.44. The Labute approximate surface area is 236 Å². The second-order valence-corrected chi connectivity index (χ2v) is 12.5. The molecule has 2 aromatic carbocycles. The maximum absolute atomic E-state index is 13.7. The molecule has 0 N–H and O–H groups in total. The van der Waals surface area contributed by atoms with Crippen LogP contribution >= 0.6 is 23.7 Å². The van der Waals surface area contributed by atoms with Crippen LogP contribution in [0.4, 0.5) is 5.13 Å². The molecule has 1 fully saturated rings. The molecular weight excluding hydrogens is 544 g/mol. The number of benzene rings is 2. The van der Waals surface area contributed by atoms with Gasteiger partial charge in [-0.05, 0) is 88.8 Å². The molecular formula is C27H37ClN4O4S2. The number of sulfonamides is 1. The Balaban J connectivity index is 0.00000400. The van der Waals surface area contributed by atoms with Gasteiger partial charge in [0.15, 0.2) is 5.13 Å². The normalized spacial score (nSPS) is 16.4. The van der Waals surface area contributed by atoms with Crippen molar-refractivity contribution >= 4 is 55.0 Å². The summed E-state index contributed by atoms with van der Waals surface area (Å²) in [5, 5.41) is 0.614. The molecule has 1 aliphatic heterocycles. The summed E-state index contributed by atoms with van der Waals surface area (Å²) in [6.07, 6.45) is 4.40. The lowest BCUT2D eigenvalue weighted by Crippen LogP contribution is -2.43. The highest BCUT2D eigenvalue weighted by molar-refractivity contribution is 7.89. The standard InChI is InChI=1S/C27H36N4O4S2.ClH/c1-5-21-9-6-7-18-31(21)37(33,34)23-13-10-20(11-14-23)26(32)30(17-8-16-29(2)3)27-28-24-15-12-22(35-4)19-25(24)36-27;/h10-15,19,21H,5-9,16-18H2,1-4H3;1H. The zero-order valence-electron chi connectivity index (χ0n) is 22.4. The van der Waals surface area contributed by atoms with E-state index >= 15 is 0 Å². The molecule has 0 aliphatic carbocycles. The molecule has 8 nitrogen and oxygen atoms in total. The number of carbonyl (C=O) groups excluding carboxylic acids is 1. The fourth-order valence-electron chi connectivity index (χ4n) is 4.72. The number of hydrogen-bond donors (Lipinski definition) is 0. The van der Waals surface area contributed by atoms with Crippen molar-refractivity contribution in [1.82, 2.24) is 14.2 Å². The summed E-state index contributed by atoms with van der Waals surface area (Å²) in [6.45, 7) is 3.90. The average molecular weight is 581 g/mol. The second-order valence-electron chi connectivity index (χ2n) is 9.64. The maximum atomic E-state index is 13.7. The van der Waals surface area contributed by atoms with Crippen LogP contribution in [-0.4, -0.2) is 75.4 Å². The third-order valence-corrected chi connectivity index (χ3v) is 9.81. The number of nitrogens with zero attached hydrogens (tertiary/aromatic N) is 4. The molecule has 38 heavy (non-hydrogen) atoms. The van der Waals surface area contributed by atoms with Crippen molar-refractivity contribution in [2.75, 3.05) is 45.7 Å². The minimum atomic E-state index is -3.61. The number of carbonyl (C=O) groups is 1. The number of halogens is 1. The van der Waals surface area contributed by atoms with Gasteiger partial charge in [0.05, 0.1) is 22.2 Å². The van der Waals surface area contributed by atoms with Crippen LogP contribution in [0.25, 0.3) is 10.2 Å². The molecule has 2 heterocycles. The molecule has 4 rings (SSSR count). The summed E-state index contributed by atoms with van der Waals surface area (Å²) in [5.74, 6) is 0.544. The summed E-state index contributed by atoms with van der Waals surface area (Å²) in [4.78, 5) is 22.4. The molecule has 1 saturated heterocycles. The number of aromatic nitrogens is 1. The van der Waals surface area contributed by atoms with E-state index in [1.807, 2.05) is 39.2 Å². The van der Waals surface area contributed by atoms with E-state index in [9.17, 15) is 13.2 Å². The maximum Gasteiger partial charge on any atom is 0.260 e. The van der Waals surface area contributed by atoms with Gasteiger partial charge in [-0.2, -0.15) is 4.31 Å². The van der Waals surface area contributed by atoms with Gasteiger partial charge in [-0.25, -0.2) is 13.4 Å². The molecule has 0 bridgehead atoms. The second kappa shape index (κ2) is 13.2. The fraction of sp³-hybridized carbons (Fsp3) is 0.481. The van der Waals surface area contributed by atoms with Gasteiger partial charge in [0.1, 0.15) is 5.75 Å².